The molecule has 0 aromatic carbocycles. The van der Waals surface area contributed by atoms with E-state index in [1.165, 1.54) is 29.1 Å². The Labute approximate surface area is 148 Å². The molecule has 0 radical (unpaired) electrons. The minimum atomic E-state index is 0.845. The molecule has 4 nitrogen and oxygen atoms in total. The molecular weight excluding hydrogens is 308 g/mol. The van der Waals surface area contributed by atoms with E-state index < -0.39 is 0 Å². The molecule has 0 unspecified atom stereocenters. The Balaban J connectivity index is 1.62. The predicted octanol–water partition coefficient (Wildman–Crippen LogP) is 4.05. The number of aryl methyl sites for hydroxylation is 5. The van der Waals surface area contributed by atoms with Crippen LogP contribution in [-0.4, -0.2) is 19.4 Å². The number of nitrogens with zero attached hydrogens (tertiary/aromatic N) is 4. The van der Waals surface area contributed by atoms with Crippen LogP contribution in [0.25, 0.3) is 11.7 Å². The SMILES string of the molecule is C/C=C\c1cccn2c(C)c(CCc3nc(C)c4c(n3)CCC4)nc12. The summed E-state index contributed by atoms with van der Waals surface area (Å²) in [5.41, 5.74) is 8.34. The highest BCUT2D eigenvalue weighted by Crippen LogP contribution is 2.23. The quantitative estimate of drug-likeness (QED) is 0.724. The summed E-state index contributed by atoms with van der Waals surface area (Å²) in [6.07, 6.45) is 11.4. The molecule has 1 aliphatic carbocycles. The summed E-state index contributed by atoms with van der Waals surface area (Å²) in [6.45, 7) is 6.30. The molecule has 25 heavy (non-hydrogen) atoms. The molecule has 0 atom stereocenters. The molecular formula is C21H24N4. The van der Waals surface area contributed by atoms with Gasteiger partial charge in [-0.2, -0.15) is 0 Å². The highest BCUT2D eigenvalue weighted by atomic mass is 15.0. The van der Waals surface area contributed by atoms with Gasteiger partial charge in [0.15, 0.2) is 0 Å². The van der Waals surface area contributed by atoms with Crippen molar-refractivity contribution in [3.8, 4) is 0 Å². The lowest BCUT2D eigenvalue weighted by Gasteiger charge is -2.06. The van der Waals surface area contributed by atoms with Crippen molar-refractivity contribution >= 4 is 11.7 Å². The Morgan fingerprint density at radius 2 is 2.00 bits per heavy atom. The molecule has 0 spiro atoms. The standard InChI is InChI=1S/C21H24N4/c1-4-7-16-8-6-13-25-15(3)18(24-21(16)25)11-12-20-22-14(2)17-9-5-10-19(17)23-20/h4,6-8,13H,5,9-12H2,1-3H3/b7-4-. The van der Waals surface area contributed by atoms with Crippen LogP contribution in [0.15, 0.2) is 24.4 Å². The Kier molecular flexibility index (Phi) is 4.12. The molecule has 0 aliphatic heterocycles. The average Bonchev–Trinajstić information content (AvgIpc) is 3.20. The van der Waals surface area contributed by atoms with E-state index in [9.17, 15) is 0 Å². The van der Waals surface area contributed by atoms with Crippen LogP contribution in [0, 0.1) is 13.8 Å². The number of pyridine rings is 1. The maximum absolute atomic E-state index is 4.90. The van der Waals surface area contributed by atoms with Crippen LogP contribution >= 0.6 is 0 Å². The van der Waals surface area contributed by atoms with Gasteiger partial charge in [-0.05, 0) is 64.2 Å². The Morgan fingerprint density at radius 3 is 2.84 bits per heavy atom. The van der Waals surface area contributed by atoms with Crippen molar-refractivity contribution in [1.82, 2.24) is 19.4 Å². The van der Waals surface area contributed by atoms with Gasteiger partial charge in [0.25, 0.3) is 0 Å². The number of fused-ring (bicyclic) bond motifs is 2. The third-order valence-corrected chi connectivity index (χ3v) is 5.14. The summed E-state index contributed by atoms with van der Waals surface area (Å²) in [7, 11) is 0. The Hall–Kier alpha value is -2.49. The molecule has 4 rings (SSSR count). The number of imidazole rings is 1. The van der Waals surface area contributed by atoms with Crippen molar-refractivity contribution in [2.24, 2.45) is 0 Å². The van der Waals surface area contributed by atoms with E-state index >= 15 is 0 Å². The predicted molar refractivity (Wildman–Crippen MR) is 101 cm³/mol. The fourth-order valence-electron chi connectivity index (χ4n) is 3.83. The van der Waals surface area contributed by atoms with Crippen LogP contribution in [0.4, 0.5) is 0 Å². The van der Waals surface area contributed by atoms with E-state index in [1.807, 2.05) is 6.92 Å². The lowest BCUT2D eigenvalue weighted by Crippen LogP contribution is -2.05. The summed E-state index contributed by atoms with van der Waals surface area (Å²) in [5.74, 6) is 0.961. The summed E-state index contributed by atoms with van der Waals surface area (Å²) in [6, 6.07) is 4.19. The van der Waals surface area contributed by atoms with Crippen LogP contribution in [0.5, 0.6) is 0 Å². The normalized spacial score (nSPS) is 13.9. The first-order chi connectivity index (χ1) is 12.2. The van der Waals surface area contributed by atoms with Gasteiger partial charge in [-0.1, -0.05) is 12.2 Å². The van der Waals surface area contributed by atoms with Crippen molar-refractivity contribution < 1.29 is 0 Å². The Morgan fingerprint density at radius 1 is 1.12 bits per heavy atom. The van der Waals surface area contributed by atoms with Crippen molar-refractivity contribution in [3.05, 3.63) is 64.1 Å². The van der Waals surface area contributed by atoms with Gasteiger partial charge in [0.2, 0.25) is 0 Å². The molecule has 3 aromatic heterocycles. The van der Waals surface area contributed by atoms with Gasteiger partial charge in [-0.25, -0.2) is 15.0 Å². The zero-order chi connectivity index (χ0) is 17.4. The van der Waals surface area contributed by atoms with Gasteiger partial charge in [-0.3, -0.25) is 0 Å². The molecule has 0 saturated heterocycles. The molecule has 0 N–H and O–H groups in total. The summed E-state index contributed by atoms with van der Waals surface area (Å²) in [5, 5.41) is 0. The average molecular weight is 332 g/mol. The van der Waals surface area contributed by atoms with Crippen LogP contribution in [-0.2, 0) is 25.7 Å². The molecule has 1 aliphatic rings. The summed E-state index contributed by atoms with van der Waals surface area (Å²) < 4.78 is 2.18. The van der Waals surface area contributed by atoms with E-state index in [0.29, 0.717) is 0 Å². The molecule has 0 saturated carbocycles. The van der Waals surface area contributed by atoms with Crippen LogP contribution in [0.3, 0.4) is 0 Å². The molecule has 0 amide bonds. The maximum atomic E-state index is 4.90. The van der Waals surface area contributed by atoms with Gasteiger partial charge in [-0.15, -0.1) is 0 Å². The van der Waals surface area contributed by atoms with Gasteiger partial charge in [0.1, 0.15) is 11.5 Å². The van der Waals surface area contributed by atoms with E-state index in [-0.39, 0.29) is 0 Å². The van der Waals surface area contributed by atoms with Crippen molar-refractivity contribution in [3.63, 3.8) is 0 Å². The Bertz CT molecular complexity index is 966. The number of allylic oxidation sites excluding steroid dienone is 1. The number of hydrogen-bond acceptors (Lipinski definition) is 3. The van der Waals surface area contributed by atoms with Gasteiger partial charge in [0, 0.05) is 35.3 Å². The van der Waals surface area contributed by atoms with E-state index in [4.69, 9.17) is 15.0 Å². The molecule has 0 bridgehead atoms. The first kappa shape index (κ1) is 16.0. The van der Waals surface area contributed by atoms with Crippen LogP contribution < -0.4 is 0 Å². The highest BCUT2D eigenvalue weighted by Gasteiger charge is 2.17. The number of rotatable bonds is 4. The monoisotopic (exact) mass is 332 g/mol. The molecule has 3 heterocycles. The first-order valence-corrected chi connectivity index (χ1v) is 9.12. The zero-order valence-electron chi connectivity index (χ0n) is 15.2. The number of hydrogen-bond donors (Lipinski definition) is 0. The van der Waals surface area contributed by atoms with Gasteiger partial charge >= 0.3 is 0 Å². The fraction of sp³-hybridized carbons (Fsp3) is 0.381. The van der Waals surface area contributed by atoms with Crippen LogP contribution in [0.1, 0.15) is 53.1 Å². The minimum absolute atomic E-state index is 0.845. The largest absolute Gasteiger partial charge is 0.304 e. The topological polar surface area (TPSA) is 43.1 Å². The second kappa shape index (κ2) is 6.43. The van der Waals surface area contributed by atoms with Crippen molar-refractivity contribution in [1.29, 1.82) is 0 Å². The lowest BCUT2D eigenvalue weighted by molar-refractivity contribution is 0.807. The molecule has 128 valence electrons. The first-order valence-electron chi connectivity index (χ1n) is 9.12. The molecule has 4 heteroatoms. The summed E-state index contributed by atoms with van der Waals surface area (Å²) >= 11 is 0. The minimum Gasteiger partial charge on any atom is -0.304 e. The van der Waals surface area contributed by atoms with Gasteiger partial charge in [0.05, 0.1) is 5.69 Å². The van der Waals surface area contributed by atoms with Gasteiger partial charge < -0.3 is 4.40 Å². The highest BCUT2D eigenvalue weighted by molar-refractivity contribution is 5.66. The van der Waals surface area contributed by atoms with E-state index in [0.717, 1.165) is 48.4 Å². The van der Waals surface area contributed by atoms with E-state index in [2.05, 4.69) is 48.7 Å². The second-order valence-corrected chi connectivity index (χ2v) is 6.81. The third-order valence-electron chi connectivity index (χ3n) is 5.14. The lowest BCUT2D eigenvalue weighted by atomic mass is 10.1. The fourth-order valence-corrected chi connectivity index (χ4v) is 3.83. The van der Waals surface area contributed by atoms with Crippen molar-refractivity contribution in [2.45, 2.75) is 52.9 Å². The summed E-state index contributed by atoms with van der Waals surface area (Å²) in [4.78, 5) is 14.4. The molecule has 0 fully saturated rings. The third kappa shape index (κ3) is 2.86. The second-order valence-electron chi connectivity index (χ2n) is 6.81. The number of aromatic nitrogens is 4. The maximum Gasteiger partial charge on any atom is 0.144 e. The van der Waals surface area contributed by atoms with E-state index in [1.54, 1.807) is 0 Å². The molecule has 3 aromatic rings. The van der Waals surface area contributed by atoms with Crippen LogP contribution in [0.2, 0.25) is 0 Å². The smallest absolute Gasteiger partial charge is 0.144 e. The zero-order valence-corrected chi connectivity index (χ0v) is 15.2. The van der Waals surface area contributed by atoms with Crippen molar-refractivity contribution in [2.75, 3.05) is 0 Å².